The van der Waals surface area contributed by atoms with E-state index in [4.69, 9.17) is 5.73 Å². The highest BCUT2D eigenvalue weighted by molar-refractivity contribution is 5.70. The Labute approximate surface area is 145 Å². The Morgan fingerprint density at radius 1 is 1.12 bits per heavy atom. The van der Waals surface area contributed by atoms with Crippen LogP contribution in [0.1, 0.15) is 16.8 Å². The summed E-state index contributed by atoms with van der Waals surface area (Å²) >= 11 is 0. The fourth-order valence-electron chi connectivity index (χ4n) is 2.34. The summed E-state index contributed by atoms with van der Waals surface area (Å²) in [6.45, 7) is 1.80. The van der Waals surface area contributed by atoms with Crippen molar-refractivity contribution in [3.63, 3.8) is 0 Å². The van der Waals surface area contributed by atoms with Crippen LogP contribution >= 0.6 is 0 Å². The van der Waals surface area contributed by atoms with Crippen molar-refractivity contribution < 1.29 is 4.39 Å². The topological polar surface area (TPSA) is 76.7 Å². The molecule has 3 rings (SSSR count). The molecule has 3 N–H and O–H groups in total. The molecule has 3 aromatic rings. The van der Waals surface area contributed by atoms with Gasteiger partial charge in [0.25, 0.3) is 0 Å². The van der Waals surface area contributed by atoms with Crippen LogP contribution in [0.3, 0.4) is 0 Å². The van der Waals surface area contributed by atoms with Crippen molar-refractivity contribution in [2.24, 2.45) is 0 Å². The maximum absolute atomic E-state index is 13.6. The molecule has 2 aromatic heterocycles. The minimum atomic E-state index is -0.349. The van der Waals surface area contributed by atoms with Gasteiger partial charge in [0.15, 0.2) is 0 Å². The molecule has 1 aromatic carbocycles. The van der Waals surface area contributed by atoms with Crippen LogP contribution < -0.4 is 11.1 Å². The van der Waals surface area contributed by atoms with E-state index in [2.05, 4.69) is 32.1 Å². The van der Waals surface area contributed by atoms with Gasteiger partial charge in [0, 0.05) is 24.4 Å². The van der Waals surface area contributed by atoms with Crippen LogP contribution in [-0.2, 0) is 0 Å². The zero-order valence-electron chi connectivity index (χ0n) is 13.8. The number of nitrogens with two attached hydrogens (primary N) is 1. The van der Waals surface area contributed by atoms with Gasteiger partial charge in [0.1, 0.15) is 11.6 Å². The van der Waals surface area contributed by atoms with Crippen molar-refractivity contribution in [3.05, 3.63) is 65.2 Å². The number of hydrogen-bond acceptors (Lipinski definition) is 5. The number of nitrogen functional groups attached to an aromatic ring is 1. The molecule has 0 atom stereocenters. The number of nitrogens with zero attached hydrogens (tertiary/aromatic N) is 3. The predicted molar refractivity (Wildman–Crippen MR) is 96.3 cm³/mol. The van der Waals surface area contributed by atoms with Gasteiger partial charge < -0.3 is 11.1 Å². The van der Waals surface area contributed by atoms with E-state index < -0.39 is 0 Å². The second-order valence-corrected chi connectivity index (χ2v) is 5.33. The van der Waals surface area contributed by atoms with Crippen molar-refractivity contribution in [1.82, 2.24) is 15.0 Å². The van der Waals surface area contributed by atoms with Crippen LogP contribution in [0.25, 0.3) is 11.3 Å². The predicted octanol–water partition coefficient (Wildman–Crippen LogP) is 3.01. The molecule has 2 heterocycles. The monoisotopic (exact) mass is 333 g/mol. The van der Waals surface area contributed by atoms with Gasteiger partial charge in [0.2, 0.25) is 5.95 Å². The average molecular weight is 333 g/mol. The molecule has 0 unspecified atom stereocenters. The lowest BCUT2D eigenvalue weighted by Crippen LogP contribution is -2.03. The number of benzene rings is 1. The summed E-state index contributed by atoms with van der Waals surface area (Å²) in [6, 6.07) is 9.86. The molecule has 0 spiro atoms. The first-order valence-corrected chi connectivity index (χ1v) is 7.62. The SMILES string of the molecule is CNc1ccc(C#Cc2c(C)nc(N)nc2-c2cccc(F)c2)cn1. The van der Waals surface area contributed by atoms with Gasteiger partial charge in [-0.25, -0.2) is 19.3 Å². The molecule has 0 bridgehead atoms. The van der Waals surface area contributed by atoms with E-state index in [0.29, 0.717) is 22.5 Å². The Bertz CT molecular complexity index is 971. The quantitative estimate of drug-likeness (QED) is 0.705. The molecule has 0 aliphatic rings. The molecular weight excluding hydrogens is 317 g/mol. The molecule has 0 aliphatic carbocycles. The minimum absolute atomic E-state index is 0.127. The summed E-state index contributed by atoms with van der Waals surface area (Å²) in [5, 5.41) is 2.95. The largest absolute Gasteiger partial charge is 0.373 e. The Morgan fingerprint density at radius 3 is 2.64 bits per heavy atom. The summed E-state index contributed by atoms with van der Waals surface area (Å²) in [5.74, 6) is 6.65. The van der Waals surface area contributed by atoms with Gasteiger partial charge in [-0.05, 0) is 31.2 Å². The second-order valence-electron chi connectivity index (χ2n) is 5.33. The van der Waals surface area contributed by atoms with E-state index in [9.17, 15) is 4.39 Å². The number of halogens is 1. The van der Waals surface area contributed by atoms with Crippen molar-refractivity contribution >= 4 is 11.8 Å². The van der Waals surface area contributed by atoms with Gasteiger partial charge >= 0.3 is 0 Å². The molecule has 0 saturated carbocycles. The van der Waals surface area contributed by atoms with E-state index >= 15 is 0 Å². The number of hydrogen-bond donors (Lipinski definition) is 2. The molecule has 25 heavy (non-hydrogen) atoms. The zero-order valence-corrected chi connectivity index (χ0v) is 13.8. The standard InChI is InChI=1S/C19H16FN5/c1-12-16(8-6-13-7-9-17(22-2)23-11-13)18(25-19(21)24-12)14-4-3-5-15(20)10-14/h3-5,7,9-11H,1-2H3,(H,22,23)(H2,21,24,25). The molecule has 6 heteroatoms. The summed E-state index contributed by atoms with van der Waals surface area (Å²) in [7, 11) is 1.80. The molecule has 5 nitrogen and oxygen atoms in total. The molecule has 0 saturated heterocycles. The van der Waals surface area contributed by atoms with Crippen molar-refractivity contribution in [3.8, 4) is 23.1 Å². The fourth-order valence-corrected chi connectivity index (χ4v) is 2.34. The smallest absolute Gasteiger partial charge is 0.220 e. The van der Waals surface area contributed by atoms with Gasteiger partial charge in [-0.15, -0.1) is 0 Å². The lowest BCUT2D eigenvalue weighted by atomic mass is 10.0. The number of aromatic nitrogens is 3. The third kappa shape index (κ3) is 3.72. The van der Waals surface area contributed by atoms with Crippen molar-refractivity contribution in [2.45, 2.75) is 6.92 Å². The van der Waals surface area contributed by atoms with Crippen LogP contribution in [0.15, 0.2) is 42.6 Å². The zero-order chi connectivity index (χ0) is 17.8. The summed E-state index contributed by atoms with van der Waals surface area (Å²) < 4.78 is 13.6. The highest BCUT2D eigenvalue weighted by Crippen LogP contribution is 2.24. The Balaban J connectivity index is 2.08. The van der Waals surface area contributed by atoms with Gasteiger partial charge in [-0.1, -0.05) is 24.0 Å². The van der Waals surface area contributed by atoms with Crippen LogP contribution in [0.2, 0.25) is 0 Å². The number of anilines is 2. The lowest BCUT2D eigenvalue weighted by molar-refractivity contribution is 0.628. The molecule has 0 radical (unpaired) electrons. The van der Waals surface area contributed by atoms with E-state index in [1.807, 2.05) is 12.1 Å². The van der Waals surface area contributed by atoms with Crippen LogP contribution in [0.5, 0.6) is 0 Å². The molecule has 0 fully saturated rings. The molecular formula is C19H16FN5. The number of aryl methyl sites for hydroxylation is 1. The first-order chi connectivity index (χ1) is 12.1. The number of rotatable bonds is 2. The highest BCUT2D eigenvalue weighted by atomic mass is 19.1. The van der Waals surface area contributed by atoms with Crippen molar-refractivity contribution in [1.29, 1.82) is 0 Å². The Hall–Kier alpha value is -3.46. The lowest BCUT2D eigenvalue weighted by Gasteiger charge is -2.08. The van der Waals surface area contributed by atoms with Crippen molar-refractivity contribution in [2.75, 3.05) is 18.1 Å². The van der Waals surface area contributed by atoms with Crippen LogP contribution in [0.4, 0.5) is 16.2 Å². The average Bonchev–Trinajstić information content (AvgIpc) is 2.61. The normalized spacial score (nSPS) is 10.0. The molecule has 0 amide bonds. The summed E-state index contributed by atoms with van der Waals surface area (Å²) in [5.41, 5.74) is 8.87. The Morgan fingerprint density at radius 2 is 1.96 bits per heavy atom. The number of pyridine rings is 1. The molecule has 124 valence electrons. The summed E-state index contributed by atoms with van der Waals surface area (Å²) in [6.07, 6.45) is 1.67. The highest BCUT2D eigenvalue weighted by Gasteiger charge is 2.11. The third-order valence-electron chi connectivity index (χ3n) is 3.56. The fraction of sp³-hybridized carbons (Fsp3) is 0.105. The minimum Gasteiger partial charge on any atom is -0.373 e. The third-order valence-corrected chi connectivity index (χ3v) is 3.56. The second kappa shape index (κ2) is 6.97. The van der Waals surface area contributed by atoms with E-state index in [1.54, 1.807) is 32.3 Å². The van der Waals surface area contributed by atoms with Gasteiger partial charge in [-0.2, -0.15) is 0 Å². The van der Waals surface area contributed by atoms with E-state index in [0.717, 1.165) is 11.4 Å². The van der Waals surface area contributed by atoms with E-state index in [-0.39, 0.29) is 11.8 Å². The first-order valence-electron chi connectivity index (χ1n) is 7.62. The van der Waals surface area contributed by atoms with E-state index in [1.165, 1.54) is 12.1 Å². The van der Waals surface area contributed by atoms with Gasteiger partial charge in [-0.3, -0.25) is 0 Å². The first kappa shape index (κ1) is 16.4. The maximum Gasteiger partial charge on any atom is 0.220 e. The maximum atomic E-state index is 13.6. The number of nitrogens with one attached hydrogen (secondary N) is 1. The summed E-state index contributed by atoms with van der Waals surface area (Å²) in [4.78, 5) is 12.6. The van der Waals surface area contributed by atoms with Crippen LogP contribution in [0, 0.1) is 24.6 Å². The molecule has 0 aliphatic heterocycles. The van der Waals surface area contributed by atoms with Gasteiger partial charge in [0.05, 0.1) is 17.0 Å². The van der Waals surface area contributed by atoms with Crippen LogP contribution in [-0.4, -0.2) is 22.0 Å². The Kier molecular flexibility index (Phi) is 4.57.